The minimum atomic E-state index is 0.666. The molecular weight excluding hydrogens is 244 g/mol. The van der Waals surface area contributed by atoms with Gasteiger partial charge in [-0.05, 0) is 48.2 Å². The number of hydrogen-bond donors (Lipinski definition) is 1. The number of benzene rings is 2. The van der Waals surface area contributed by atoms with Gasteiger partial charge in [0.1, 0.15) is 0 Å². The summed E-state index contributed by atoms with van der Waals surface area (Å²) < 4.78 is 0. The molecular formula is C18H18N2. The first-order valence-corrected chi connectivity index (χ1v) is 6.94. The van der Waals surface area contributed by atoms with Gasteiger partial charge in [0.2, 0.25) is 0 Å². The van der Waals surface area contributed by atoms with Gasteiger partial charge < -0.3 is 5.73 Å². The molecule has 0 saturated carbocycles. The molecule has 0 saturated heterocycles. The number of aromatic nitrogens is 1. The molecule has 2 heteroatoms. The maximum absolute atomic E-state index is 5.73. The highest BCUT2D eigenvalue weighted by Gasteiger charge is 2.09. The summed E-state index contributed by atoms with van der Waals surface area (Å²) in [4.78, 5) is 4.52. The summed E-state index contributed by atoms with van der Waals surface area (Å²) >= 11 is 0. The van der Waals surface area contributed by atoms with E-state index in [0.29, 0.717) is 6.54 Å². The molecule has 0 spiro atoms. The topological polar surface area (TPSA) is 38.9 Å². The van der Waals surface area contributed by atoms with E-state index in [0.717, 1.165) is 11.9 Å². The first-order valence-electron chi connectivity index (χ1n) is 6.94. The van der Waals surface area contributed by atoms with Crippen LogP contribution in [0.3, 0.4) is 0 Å². The number of nitrogens with two attached hydrogens (primary N) is 1. The van der Waals surface area contributed by atoms with Crippen molar-refractivity contribution in [1.82, 2.24) is 4.98 Å². The van der Waals surface area contributed by atoms with Crippen LogP contribution in [-0.4, -0.2) is 11.5 Å². The summed E-state index contributed by atoms with van der Waals surface area (Å²) in [6.45, 7) is 2.77. The van der Waals surface area contributed by atoms with Crippen LogP contribution in [-0.2, 0) is 6.42 Å². The van der Waals surface area contributed by atoms with E-state index in [4.69, 9.17) is 5.73 Å². The van der Waals surface area contributed by atoms with Gasteiger partial charge in [-0.25, -0.2) is 0 Å². The van der Waals surface area contributed by atoms with Crippen LogP contribution in [0.15, 0.2) is 54.7 Å². The quantitative estimate of drug-likeness (QED) is 0.781. The number of nitrogens with zero attached hydrogens (tertiary/aromatic N) is 1. The first kappa shape index (κ1) is 12.8. The Hall–Kier alpha value is -2.19. The highest BCUT2D eigenvalue weighted by atomic mass is 14.6. The third-order valence-corrected chi connectivity index (χ3v) is 3.69. The molecule has 0 fully saturated rings. The van der Waals surface area contributed by atoms with E-state index in [1.807, 2.05) is 12.3 Å². The van der Waals surface area contributed by atoms with Crippen molar-refractivity contribution in [2.45, 2.75) is 13.3 Å². The molecule has 2 N–H and O–H groups in total. The van der Waals surface area contributed by atoms with E-state index in [1.165, 1.54) is 27.6 Å². The van der Waals surface area contributed by atoms with Crippen LogP contribution in [0, 0.1) is 6.92 Å². The molecule has 0 amide bonds. The second-order valence-electron chi connectivity index (χ2n) is 5.03. The van der Waals surface area contributed by atoms with Gasteiger partial charge in [-0.1, -0.05) is 42.5 Å². The molecule has 1 heterocycles. The highest BCUT2D eigenvalue weighted by Crippen LogP contribution is 2.31. The number of fused-ring (bicyclic) bond motifs is 1. The second kappa shape index (κ2) is 5.43. The maximum atomic E-state index is 5.73. The lowest BCUT2D eigenvalue weighted by Gasteiger charge is -2.12. The van der Waals surface area contributed by atoms with Crippen LogP contribution < -0.4 is 5.73 Å². The van der Waals surface area contributed by atoms with E-state index in [1.54, 1.807) is 0 Å². The zero-order valence-electron chi connectivity index (χ0n) is 11.6. The summed E-state index contributed by atoms with van der Waals surface area (Å²) in [6.07, 6.45) is 2.75. The molecule has 3 aromatic rings. The molecule has 0 radical (unpaired) electrons. The minimum Gasteiger partial charge on any atom is -0.330 e. The monoisotopic (exact) mass is 262 g/mol. The minimum absolute atomic E-state index is 0.666. The van der Waals surface area contributed by atoms with Crippen molar-refractivity contribution in [2.75, 3.05) is 6.54 Å². The standard InChI is InChI=1S/C18H18N2/c1-13-8-9-16(17-7-4-12-20-18(13)17)15-6-3-2-5-14(15)10-11-19/h2-9,12H,10-11,19H2,1H3. The van der Waals surface area contributed by atoms with Gasteiger partial charge in [-0.15, -0.1) is 0 Å². The SMILES string of the molecule is Cc1ccc(-c2ccccc2CCN)c2cccnc12. The Balaban J connectivity index is 2.28. The molecule has 0 unspecified atom stereocenters. The fourth-order valence-corrected chi connectivity index (χ4v) is 2.71. The van der Waals surface area contributed by atoms with Gasteiger partial charge in [0.25, 0.3) is 0 Å². The fraction of sp³-hybridized carbons (Fsp3) is 0.167. The van der Waals surface area contributed by atoms with Crippen molar-refractivity contribution in [3.05, 3.63) is 65.9 Å². The number of rotatable bonds is 3. The lowest BCUT2D eigenvalue weighted by molar-refractivity contribution is 0.971. The van der Waals surface area contributed by atoms with Gasteiger partial charge in [0.15, 0.2) is 0 Å². The molecule has 3 rings (SSSR count). The number of hydrogen-bond acceptors (Lipinski definition) is 2. The second-order valence-corrected chi connectivity index (χ2v) is 5.03. The van der Waals surface area contributed by atoms with Crippen molar-refractivity contribution >= 4 is 10.9 Å². The van der Waals surface area contributed by atoms with E-state index in [9.17, 15) is 0 Å². The van der Waals surface area contributed by atoms with Crippen molar-refractivity contribution in [1.29, 1.82) is 0 Å². The molecule has 0 bridgehead atoms. The van der Waals surface area contributed by atoms with E-state index >= 15 is 0 Å². The Morgan fingerprint density at radius 1 is 0.950 bits per heavy atom. The van der Waals surface area contributed by atoms with Gasteiger partial charge in [0, 0.05) is 11.6 Å². The Bertz CT molecular complexity index is 747. The lowest BCUT2D eigenvalue weighted by atomic mass is 9.93. The molecule has 0 aliphatic rings. The molecule has 20 heavy (non-hydrogen) atoms. The van der Waals surface area contributed by atoms with E-state index in [-0.39, 0.29) is 0 Å². The Morgan fingerprint density at radius 2 is 1.80 bits per heavy atom. The smallest absolute Gasteiger partial charge is 0.0737 e. The third-order valence-electron chi connectivity index (χ3n) is 3.69. The zero-order chi connectivity index (χ0) is 13.9. The van der Waals surface area contributed by atoms with Crippen molar-refractivity contribution in [3.63, 3.8) is 0 Å². The highest BCUT2D eigenvalue weighted by molar-refractivity contribution is 5.96. The largest absolute Gasteiger partial charge is 0.330 e. The predicted molar refractivity (Wildman–Crippen MR) is 84.7 cm³/mol. The van der Waals surface area contributed by atoms with Crippen LogP contribution in [0.1, 0.15) is 11.1 Å². The summed E-state index contributed by atoms with van der Waals surface area (Å²) in [5, 5.41) is 1.21. The Labute approximate surface area is 119 Å². The van der Waals surface area contributed by atoms with Gasteiger partial charge >= 0.3 is 0 Å². The Morgan fingerprint density at radius 3 is 2.65 bits per heavy atom. The number of aryl methyl sites for hydroxylation is 1. The summed E-state index contributed by atoms with van der Waals surface area (Å²) in [5.41, 5.74) is 11.8. The normalized spacial score (nSPS) is 10.9. The average Bonchev–Trinajstić information content (AvgIpc) is 2.49. The van der Waals surface area contributed by atoms with Crippen molar-refractivity contribution < 1.29 is 0 Å². The summed E-state index contributed by atoms with van der Waals surface area (Å²) in [6, 6.07) is 17.0. The van der Waals surface area contributed by atoms with Gasteiger partial charge in [-0.2, -0.15) is 0 Å². The van der Waals surface area contributed by atoms with Gasteiger partial charge in [0.05, 0.1) is 5.52 Å². The number of pyridine rings is 1. The maximum Gasteiger partial charge on any atom is 0.0737 e. The van der Waals surface area contributed by atoms with E-state index < -0.39 is 0 Å². The molecule has 100 valence electrons. The van der Waals surface area contributed by atoms with Crippen LogP contribution in [0.25, 0.3) is 22.0 Å². The molecule has 0 aliphatic carbocycles. The van der Waals surface area contributed by atoms with E-state index in [2.05, 4.69) is 54.4 Å². The van der Waals surface area contributed by atoms with Crippen LogP contribution in [0.2, 0.25) is 0 Å². The first-order chi connectivity index (χ1) is 9.81. The van der Waals surface area contributed by atoms with Crippen molar-refractivity contribution in [3.8, 4) is 11.1 Å². The summed E-state index contributed by atoms with van der Waals surface area (Å²) in [7, 11) is 0. The van der Waals surface area contributed by atoms with Crippen LogP contribution in [0.4, 0.5) is 0 Å². The van der Waals surface area contributed by atoms with Crippen LogP contribution >= 0.6 is 0 Å². The average molecular weight is 262 g/mol. The molecule has 0 atom stereocenters. The van der Waals surface area contributed by atoms with Gasteiger partial charge in [-0.3, -0.25) is 4.98 Å². The molecule has 2 nitrogen and oxygen atoms in total. The van der Waals surface area contributed by atoms with Crippen molar-refractivity contribution in [2.24, 2.45) is 5.73 Å². The summed E-state index contributed by atoms with van der Waals surface area (Å²) in [5.74, 6) is 0. The Kier molecular flexibility index (Phi) is 3.48. The molecule has 1 aromatic heterocycles. The zero-order valence-corrected chi connectivity index (χ0v) is 11.6. The molecule has 2 aromatic carbocycles. The predicted octanol–water partition coefficient (Wildman–Crippen LogP) is 3.71. The fourth-order valence-electron chi connectivity index (χ4n) is 2.71. The van der Waals surface area contributed by atoms with Crippen LogP contribution in [0.5, 0.6) is 0 Å². The molecule has 0 aliphatic heterocycles. The lowest BCUT2D eigenvalue weighted by Crippen LogP contribution is -2.04. The third kappa shape index (κ3) is 2.19.